The number of hydrogen-bond acceptors (Lipinski definition) is 8. The van der Waals surface area contributed by atoms with Crippen LogP contribution in [0, 0.1) is 0 Å². The van der Waals surface area contributed by atoms with Crippen LogP contribution in [0.25, 0.3) is 0 Å². The SMILES string of the molecule is COC1(O[C@@H]2[C@@H]3OC(C)(C)O[C@H]3[C@@H](O)[C@]3(C)OC(C)(C)O[C@H]23)CCOCC1. The second-order valence-electron chi connectivity index (χ2n) is 9.04. The van der Waals surface area contributed by atoms with Gasteiger partial charge < -0.3 is 38.3 Å². The molecule has 0 aromatic rings. The van der Waals surface area contributed by atoms with Crippen LogP contribution in [0.2, 0.25) is 0 Å². The molecule has 4 fully saturated rings. The zero-order valence-electron chi connectivity index (χ0n) is 17.0. The van der Waals surface area contributed by atoms with E-state index in [4.69, 9.17) is 33.2 Å². The van der Waals surface area contributed by atoms with Gasteiger partial charge >= 0.3 is 0 Å². The Morgan fingerprint density at radius 3 is 2.15 bits per heavy atom. The summed E-state index contributed by atoms with van der Waals surface area (Å²) in [5.41, 5.74) is -0.987. The summed E-state index contributed by atoms with van der Waals surface area (Å²) in [5, 5.41) is 11.1. The van der Waals surface area contributed by atoms with Gasteiger partial charge in [0.05, 0.1) is 13.2 Å². The molecule has 4 aliphatic rings. The average Bonchev–Trinajstić information content (AvgIpc) is 3.05. The van der Waals surface area contributed by atoms with E-state index in [-0.39, 0.29) is 0 Å². The Kier molecular flexibility index (Phi) is 4.69. The maximum absolute atomic E-state index is 11.1. The van der Waals surface area contributed by atoms with Crippen LogP contribution in [0.15, 0.2) is 0 Å². The Hall–Kier alpha value is -0.320. The van der Waals surface area contributed by atoms with Gasteiger partial charge in [0.2, 0.25) is 0 Å². The second-order valence-corrected chi connectivity index (χ2v) is 9.04. The van der Waals surface area contributed by atoms with E-state index < -0.39 is 53.5 Å². The summed E-state index contributed by atoms with van der Waals surface area (Å²) >= 11 is 0. The summed E-state index contributed by atoms with van der Waals surface area (Å²) < 4.78 is 42.4. The third kappa shape index (κ3) is 3.24. The predicted molar refractivity (Wildman–Crippen MR) is 92.9 cm³/mol. The van der Waals surface area contributed by atoms with Gasteiger partial charge in [0.15, 0.2) is 17.4 Å². The van der Waals surface area contributed by atoms with E-state index in [1.54, 1.807) is 7.11 Å². The van der Waals surface area contributed by atoms with Crippen molar-refractivity contribution in [2.24, 2.45) is 0 Å². The fourth-order valence-corrected chi connectivity index (χ4v) is 4.90. The highest BCUT2D eigenvalue weighted by molar-refractivity contribution is 5.15. The molecule has 0 spiro atoms. The monoisotopic (exact) mass is 388 g/mol. The van der Waals surface area contributed by atoms with E-state index in [0.29, 0.717) is 26.1 Å². The first-order valence-corrected chi connectivity index (χ1v) is 9.73. The highest BCUT2D eigenvalue weighted by Gasteiger charge is 2.69. The van der Waals surface area contributed by atoms with Crippen molar-refractivity contribution < 1.29 is 38.3 Å². The minimum Gasteiger partial charge on any atom is -0.387 e. The quantitative estimate of drug-likeness (QED) is 0.725. The van der Waals surface area contributed by atoms with Crippen LogP contribution in [-0.2, 0) is 33.2 Å². The van der Waals surface area contributed by atoms with Crippen molar-refractivity contribution in [3.8, 4) is 0 Å². The second kappa shape index (κ2) is 6.34. The van der Waals surface area contributed by atoms with Gasteiger partial charge in [0, 0.05) is 20.0 Å². The van der Waals surface area contributed by atoms with Crippen molar-refractivity contribution >= 4 is 0 Å². The van der Waals surface area contributed by atoms with Crippen LogP contribution in [0.5, 0.6) is 0 Å². The average molecular weight is 388 g/mol. The lowest BCUT2D eigenvalue weighted by Gasteiger charge is -2.49. The van der Waals surface area contributed by atoms with Crippen LogP contribution in [-0.4, -0.2) is 78.9 Å². The molecule has 0 aromatic heterocycles. The Balaban J connectivity index is 1.70. The molecule has 0 bridgehead atoms. The molecule has 8 heteroatoms. The summed E-state index contributed by atoms with van der Waals surface area (Å²) in [4.78, 5) is 0. The molecule has 1 saturated carbocycles. The first-order chi connectivity index (χ1) is 12.5. The van der Waals surface area contributed by atoms with Crippen LogP contribution >= 0.6 is 0 Å². The molecule has 0 amide bonds. The molecule has 27 heavy (non-hydrogen) atoms. The molecule has 3 heterocycles. The van der Waals surface area contributed by atoms with Gasteiger partial charge in [-0.3, -0.25) is 0 Å². The van der Waals surface area contributed by atoms with Crippen LogP contribution in [0.1, 0.15) is 47.5 Å². The van der Waals surface area contributed by atoms with Crippen molar-refractivity contribution in [3.05, 3.63) is 0 Å². The Bertz CT molecular complexity index is 572. The van der Waals surface area contributed by atoms with E-state index in [1.807, 2.05) is 34.6 Å². The zero-order valence-corrected chi connectivity index (χ0v) is 17.0. The molecule has 0 unspecified atom stereocenters. The van der Waals surface area contributed by atoms with Gasteiger partial charge in [-0.1, -0.05) is 0 Å². The normalized spacial score (nSPS) is 47.4. The molecule has 4 rings (SSSR count). The number of aliphatic hydroxyl groups excluding tert-OH is 1. The maximum atomic E-state index is 11.1. The van der Waals surface area contributed by atoms with Crippen molar-refractivity contribution in [2.75, 3.05) is 20.3 Å². The molecule has 6 atom stereocenters. The summed E-state index contributed by atoms with van der Waals surface area (Å²) in [7, 11) is 1.64. The van der Waals surface area contributed by atoms with Gasteiger partial charge in [0.1, 0.15) is 36.1 Å². The summed E-state index contributed by atoms with van der Waals surface area (Å²) in [6, 6.07) is 0. The third-order valence-electron chi connectivity index (χ3n) is 6.10. The number of methoxy groups -OCH3 is 1. The van der Waals surface area contributed by atoms with Crippen molar-refractivity contribution in [1.82, 2.24) is 0 Å². The lowest BCUT2D eigenvalue weighted by atomic mass is 9.76. The Morgan fingerprint density at radius 2 is 1.52 bits per heavy atom. The van der Waals surface area contributed by atoms with Gasteiger partial charge in [0.25, 0.3) is 0 Å². The molecule has 1 aliphatic carbocycles. The molecule has 3 aliphatic heterocycles. The van der Waals surface area contributed by atoms with E-state index in [1.165, 1.54) is 0 Å². The molecule has 0 radical (unpaired) electrons. The van der Waals surface area contributed by atoms with Gasteiger partial charge in [-0.2, -0.15) is 0 Å². The standard InChI is InChI=1S/C19H32O8/c1-16(2)23-11-12(24-16)14(20)18(5)15(26-17(3,4)27-18)13(11)25-19(21-6)7-9-22-10-8-19/h11-15,20H,7-10H2,1-6H3/t11-,12-,13-,14-,15-,18+/m1/s1. The summed E-state index contributed by atoms with van der Waals surface area (Å²) in [6.07, 6.45) is -1.83. The minimum atomic E-state index is -0.987. The fourth-order valence-electron chi connectivity index (χ4n) is 4.90. The minimum absolute atomic E-state index is 0.500. The first-order valence-electron chi connectivity index (χ1n) is 9.73. The highest BCUT2D eigenvalue weighted by Crippen LogP contribution is 2.51. The zero-order chi connectivity index (χ0) is 19.7. The Labute approximate surface area is 160 Å². The molecule has 156 valence electrons. The van der Waals surface area contributed by atoms with Crippen molar-refractivity contribution in [1.29, 1.82) is 0 Å². The van der Waals surface area contributed by atoms with Gasteiger partial charge in [-0.05, 0) is 34.6 Å². The topological polar surface area (TPSA) is 84.8 Å². The Morgan fingerprint density at radius 1 is 0.889 bits per heavy atom. The molecular weight excluding hydrogens is 356 g/mol. The number of aliphatic hydroxyl groups is 1. The van der Waals surface area contributed by atoms with Crippen LogP contribution < -0.4 is 0 Å². The largest absolute Gasteiger partial charge is 0.387 e. The first kappa shape index (κ1) is 20.0. The van der Waals surface area contributed by atoms with E-state index in [2.05, 4.69) is 0 Å². The predicted octanol–water partition coefficient (Wildman–Crippen LogP) is 1.33. The number of hydrogen-bond donors (Lipinski definition) is 1. The summed E-state index contributed by atoms with van der Waals surface area (Å²) in [6.45, 7) is 10.3. The number of rotatable bonds is 3. The molecule has 1 N–H and O–H groups in total. The van der Waals surface area contributed by atoms with E-state index >= 15 is 0 Å². The lowest BCUT2D eigenvalue weighted by Crippen LogP contribution is -2.69. The van der Waals surface area contributed by atoms with Gasteiger partial charge in [-0.25, -0.2) is 0 Å². The number of ether oxygens (including phenoxy) is 7. The third-order valence-corrected chi connectivity index (χ3v) is 6.10. The summed E-state index contributed by atoms with van der Waals surface area (Å²) in [5.74, 6) is -2.48. The van der Waals surface area contributed by atoms with E-state index in [9.17, 15) is 5.11 Å². The van der Waals surface area contributed by atoms with Crippen molar-refractivity contribution in [3.63, 3.8) is 0 Å². The highest BCUT2D eigenvalue weighted by atomic mass is 16.8. The molecule has 8 nitrogen and oxygen atoms in total. The molecule has 3 saturated heterocycles. The smallest absolute Gasteiger partial charge is 0.172 e. The lowest BCUT2D eigenvalue weighted by molar-refractivity contribution is -0.318. The van der Waals surface area contributed by atoms with Crippen LogP contribution in [0.4, 0.5) is 0 Å². The van der Waals surface area contributed by atoms with E-state index in [0.717, 1.165) is 0 Å². The molecular formula is C19H32O8. The molecule has 0 aromatic carbocycles. The fraction of sp³-hybridized carbons (Fsp3) is 1.00. The van der Waals surface area contributed by atoms with Crippen LogP contribution in [0.3, 0.4) is 0 Å². The maximum Gasteiger partial charge on any atom is 0.172 e. The van der Waals surface area contributed by atoms with Gasteiger partial charge in [-0.15, -0.1) is 0 Å². The van der Waals surface area contributed by atoms with Crippen molar-refractivity contribution in [2.45, 2.75) is 101 Å². The number of fused-ring (bicyclic) bond motifs is 2.